The Morgan fingerprint density at radius 1 is 1.24 bits per heavy atom. The van der Waals surface area contributed by atoms with E-state index < -0.39 is 0 Å². The smallest absolute Gasteiger partial charge is 0.0396 e. The van der Waals surface area contributed by atoms with Crippen LogP contribution in [0, 0.1) is 12.8 Å². The fraction of sp³-hybridized carbons (Fsp3) is 0.684. The summed E-state index contributed by atoms with van der Waals surface area (Å²) in [5, 5.41) is 0. The molecule has 0 saturated carbocycles. The van der Waals surface area contributed by atoms with Crippen molar-refractivity contribution in [1.29, 1.82) is 0 Å². The Balaban J connectivity index is 1.98. The van der Waals surface area contributed by atoms with Gasteiger partial charge in [-0.25, -0.2) is 0 Å². The van der Waals surface area contributed by atoms with Crippen LogP contribution in [-0.2, 0) is 6.42 Å². The van der Waals surface area contributed by atoms with E-state index in [1.807, 2.05) is 0 Å². The van der Waals surface area contributed by atoms with Crippen molar-refractivity contribution in [3.05, 3.63) is 29.3 Å². The van der Waals surface area contributed by atoms with Crippen molar-refractivity contribution >= 4 is 5.69 Å². The SMILES string of the molecule is CCCC1CCN(c2ccc(CC(N)CC)cc2C)CC1. The highest BCUT2D eigenvalue weighted by atomic mass is 15.1. The standard InChI is InChI=1S/C19H32N2/c1-4-6-16-9-11-21(12-10-16)19-8-7-17(13-15(19)3)14-18(20)5-2/h7-8,13,16,18H,4-6,9-12,14,20H2,1-3H3. The Morgan fingerprint density at radius 2 is 1.95 bits per heavy atom. The van der Waals surface area contributed by atoms with Crippen molar-refractivity contribution in [3.63, 3.8) is 0 Å². The Bertz CT molecular complexity index is 433. The Morgan fingerprint density at radius 3 is 2.52 bits per heavy atom. The molecule has 1 aromatic rings. The molecule has 1 fully saturated rings. The predicted octanol–water partition coefficient (Wildman–Crippen LogP) is 4.29. The van der Waals surface area contributed by atoms with Crippen molar-refractivity contribution in [1.82, 2.24) is 0 Å². The van der Waals surface area contributed by atoms with Crippen LogP contribution >= 0.6 is 0 Å². The maximum absolute atomic E-state index is 6.07. The van der Waals surface area contributed by atoms with Crippen LogP contribution in [0.1, 0.15) is 57.1 Å². The molecule has 1 saturated heterocycles. The first kappa shape index (κ1) is 16.4. The van der Waals surface area contributed by atoms with Gasteiger partial charge in [0.25, 0.3) is 0 Å². The van der Waals surface area contributed by atoms with Gasteiger partial charge in [-0.3, -0.25) is 0 Å². The summed E-state index contributed by atoms with van der Waals surface area (Å²) in [6.07, 6.45) is 7.49. The van der Waals surface area contributed by atoms with Crippen LogP contribution < -0.4 is 10.6 Å². The molecule has 0 radical (unpaired) electrons. The highest BCUT2D eigenvalue weighted by Crippen LogP contribution is 2.28. The molecule has 0 bridgehead atoms. The maximum atomic E-state index is 6.07. The molecule has 1 heterocycles. The van der Waals surface area contributed by atoms with Crippen LogP contribution in [0.15, 0.2) is 18.2 Å². The quantitative estimate of drug-likeness (QED) is 0.846. The molecule has 1 unspecified atom stereocenters. The zero-order valence-corrected chi connectivity index (χ0v) is 14.1. The number of rotatable bonds is 6. The van der Waals surface area contributed by atoms with E-state index in [9.17, 15) is 0 Å². The molecule has 0 aliphatic carbocycles. The van der Waals surface area contributed by atoms with Gasteiger partial charge in [0.15, 0.2) is 0 Å². The van der Waals surface area contributed by atoms with Gasteiger partial charge in [0, 0.05) is 24.8 Å². The molecule has 1 aliphatic rings. The average Bonchev–Trinajstić information content (AvgIpc) is 2.49. The number of benzene rings is 1. The second kappa shape index (κ2) is 7.84. The molecule has 21 heavy (non-hydrogen) atoms. The second-order valence-corrected chi connectivity index (χ2v) is 6.71. The number of hydrogen-bond acceptors (Lipinski definition) is 2. The first-order chi connectivity index (χ1) is 10.1. The lowest BCUT2D eigenvalue weighted by molar-refractivity contribution is 0.378. The third-order valence-electron chi connectivity index (χ3n) is 4.94. The number of hydrogen-bond donors (Lipinski definition) is 1. The molecule has 0 aromatic heterocycles. The first-order valence-electron chi connectivity index (χ1n) is 8.74. The number of nitrogens with zero attached hydrogens (tertiary/aromatic N) is 1. The molecular formula is C19H32N2. The van der Waals surface area contributed by atoms with Crippen LogP contribution in [0.25, 0.3) is 0 Å². The molecule has 0 amide bonds. The highest BCUT2D eigenvalue weighted by molar-refractivity contribution is 5.54. The Kier molecular flexibility index (Phi) is 6.10. The van der Waals surface area contributed by atoms with Crippen LogP contribution in [-0.4, -0.2) is 19.1 Å². The minimum atomic E-state index is 0.292. The Labute approximate surface area is 130 Å². The number of piperidine rings is 1. The third-order valence-corrected chi connectivity index (χ3v) is 4.94. The van der Waals surface area contributed by atoms with Crippen molar-refractivity contribution < 1.29 is 0 Å². The van der Waals surface area contributed by atoms with Gasteiger partial charge in [0.1, 0.15) is 0 Å². The molecule has 2 nitrogen and oxygen atoms in total. The fourth-order valence-electron chi connectivity index (χ4n) is 3.52. The summed E-state index contributed by atoms with van der Waals surface area (Å²) in [6.45, 7) is 9.15. The fourth-order valence-corrected chi connectivity index (χ4v) is 3.52. The van der Waals surface area contributed by atoms with E-state index in [-0.39, 0.29) is 0 Å². The third kappa shape index (κ3) is 4.47. The van der Waals surface area contributed by atoms with Crippen LogP contribution in [0.2, 0.25) is 0 Å². The van der Waals surface area contributed by atoms with Crippen LogP contribution in [0.3, 0.4) is 0 Å². The summed E-state index contributed by atoms with van der Waals surface area (Å²) in [6, 6.07) is 7.21. The lowest BCUT2D eigenvalue weighted by Crippen LogP contribution is -2.34. The zero-order chi connectivity index (χ0) is 15.2. The van der Waals surface area contributed by atoms with Gasteiger partial charge in [-0.2, -0.15) is 0 Å². The lowest BCUT2D eigenvalue weighted by Gasteiger charge is -2.34. The lowest BCUT2D eigenvalue weighted by atomic mass is 9.92. The van der Waals surface area contributed by atoms with Crippen LogP contribution in [0.4, 0.5) is 5.69 Å². The normalized spacial score (nSPS) is 18.0. The maximum Gasteiger partial charge on any atom is 0.0396 e. The summed E-state index contributed by atoms with van der Waals surface area (Å²) < 4.78 is 0. The van der Waals surface area contributed by atoms with E-state index in [1.165, 1.54) is 55.6 Å². The minimum Gasteiger partial charge on any atom is -0.371 e. The predicted molar refractivity (Wildman–Crippen MR) is 93.0 cm³/mol. The van der Waals surface area contributed by atoms with E-state index in [2.05, 4.69) is 43.9 Å². The van der Waals surface area contributed by atoms with Gasteiger partial charge in [-0.1, -0.05) is 38.8 Å². The topological polar surface area (TPSA) is 29.3 Å². The molecule has 2 heteroatoms. The van der Waals surface area contributed by atoms with Crippen molar-refractivity contribution in [3.8, 4) is 0 Å². The molecule has 1 aliphatic heterocycles. The van der Waals surface area contributed by atoms with Gasteiger partial charge < -0.3 is 10.6 Å². The number of nitrogens with two attached hydrogens (primary N) is 1. The van der Waals surface area contributed by atoms with Gasteiger partial charge in [0.05, 0.1) is 0 Å². The van der Waals surface area contributed by atoms with E-state index in [1.54, 1.807) is 0 Å². The molecule has 2 rings (SSSR count). The number of anilines is 1. The molecular weight excluding hydrogens is 256 g/mol. The summed E-state index contributed by atoms with van der Waals surface area (Å²) >= 11 is 0. The summed E-state index contributed by atoms with van der Waals surface area (Å²) in [5.41, 5.74) is 10.3. The summed E-state index contributed by atoms with van der Waals surface area (Å²) in [5.74, 6) is 0.952. The van der Waals surface area contributed by atoms with E-state index in [0.717, 1.165) is 18.8 Å². The van der Waals surface area contributed by atoms with Crippen LogP contribution in [0.5, 0.6) is 0 Å². The van der Waals surface area contributed by atoms with Crippen molar-refractivity contribution in [2.24, 2.45) is 11.7 Å². The molecule has 118 valence electrons. The summed E-state index contributed by atoms with van der Waals surface area (Å²) in [7, 11) is 0. The van der Waals surface area contributed by atoms with E-state index >= 15 is 0 Å². The second-order valence-electron chi connectivity index (χ2n) is 6.71. The average molecular weight is 288 g/mol. The van der Waals surface area contributed by atoms with Gasteiger partial charge in [-0.15, -0.1) is 0 Å². The highest BCUT2D eigenvalue weighted by Gasteiger charge is 2.19. The molecule has 1 aromatic carbocycles. The van der Waals surface area contributed by atoms with Gasteiger partial charge in [-0.05, 0) is 55.7 Å². The molecule has 2 N–H and O–H groups in total. The minimum absolute atomic E-state index is 0.292. The molecule has 0 spiro atoms. The Hall–Kier alpha value is -1.02. The van der Waals surface area contributed by atoms with Gasteiger partial charge >= 0.3 is 0 Å². The number of aryl methyl sites for hydroxylation is 1. The van der Waals surface area contributed by atoms with Crippen molar-refractivity contribution in [2.75, 3.05) is 18.0 Å². The molecule has 1 atom stereocenters. The zero-order valence-electron chi connectivity index (χ0n) is 14.1. The van der Waals surface area contributed by atoms with Crippen molar-refractivity contribution in [2.45, 2.75) is 65.3 Å². The van der Waals surface area contributed by atoms with Gasteiger partial charge in [0.2, 0.25) is 0 Å². The largest absolute Gasteiger partial charge is 0.371 e. The van der Waals surface area contributed by atoms with E-state index in [0.29, 0.717) is 6.04 Å². The first-order valence-corrected chi connectivity index (χ1v) is 8.74. The van der Waals surface area contributed by atoms with E-state index in [4.69, 9.17) is 5.73 Å². The summed E-state index contributed by atoms with van der Waals surface area (Å²) in [4.78, 5) is 2.57. The monoisotopic (exact) mass is 288 g/mol.